The van der Waals surface area contributed by atoms with E-state index in [1.165, 1.54) is 38.2 Å². The number of hydrogen-bond acceptors (Lipinski definition) is 3. The number of guanidine groups is 1. The summed E-state index contributed by atoms with van der Waals surface area (Å²) in [6.07, 6.45) is 5.77. The number of hydrogen-bond donors (Lipinski definition) is 0. The zero-order chi connectivity index (χ0) is 9.54. The van der Waals surface area contributed by atoms with E-state index in [2.05, 4.69) is 21.8 Å². The summed E-state index contributed by atoms with van der Waals surface area (Å²) in [6.45, 7) is 3.35. The molecule has 0 radical (unpaired) electrons. The van der Waals surface area contributed by atoms with E-state index in [-0.39, 0.29) is 24.0 Å². The standard InChI is InChI=1S/C11H19N3.HI/c1-13-8-6-12-11(13)14-7-5-10(14)9-3-2-4-9;/h9-10H,2-8H2,1H3;1H. The van der Waals surface area contributed by atoms with Crippen LogP contribution in [-0.2, 0) is 0 Å². The first-order valence-corrected chi connectivity index (χ1v) is 5.88. The summed E-state index contributed by atoms with van der Waals surface area (Å²) in [6, 6.07) is 0.836. The van der Waals surface area contributed by atoms with Gasteiger partial charge < -0.3 is 9.80 Å². The Hall–Kier alpha value is 0. The lowest BCUT2D eigenvalue weighted by atomic mass is 9.75. The third-order valence-corrected chi connectivity index (χ3v) is 4.05. The molecule has 3 rings (SSSR count). The number of halogens is 1. The lowest BCUT2D eigenvalue weighted by Crippen LogP contribution is -2.58. The van der Waals surface area contributed by atoms with Crippen LogP contribution in [0.15, 0.2) is 4.99 Å². The van der Waals surface area contributed by atoms with Crippen LogP contribution in [0.1, 0.15) is 25.7 Å². The van der Waals surface area contributed by atoms with Gasteiger partial charge in [0.15, 0.2) is 5.96 Å². The molecule has 0 spiro atoms. The summed E-state index contributed by atoms with van der Waals surface area (Å²) in [7, 11) is 2.17. The van der Waals surface area contributed by atoms with Crippen molar-refractivity contribution < 1.29 is 0 Å². The van der Waals surface area contributed by atoms with Crippen molar-refractivity contribution in [3.8, 4) is 0 Å². The topological polar surface area (TPSA) is 18.8 Å². The van der Waals surface area contributed by atoms with Gasteiger partial charge in [-0.3, -0.25) is 4.99 Å². The molecule has 0 amide bonds. The van der Waals surface area contributed by atoms with E-state index in [9.17, 15) is 0 Å². The minimum atomic E-state index is 0. The number of likely N-dealkylation sites (N-methyl/N-ethyl adjacent to an activating group) is 1. The normalized spacial score (nSPS) is 30.5. The van der Waals surface area contributed by atoms with E-state index in [0.29, 0.717) is 0 Å². The maximum absolute atomic E-state index is 4.60. The van der Waals surface area contributed by atoms with Crippen molar-refractivity contribution in [2.75, 3.05) is 26.7 Å². The molecule has 0 aromatic heterocycles. The SMILES string of the molecule is CN1CCN=C1N1CCC1C1CCC1.I. The van der Waals surface area contributed by atoms with Gasteiger partial charge in [-0.15, -0.1) is 24.0 Å². The molecule has 1 atom stereocenters. The average Bonchev–Trinajstić information content (AvgIpc) is 2.43. The van der Waals surface area contributed by atoms with Crippen LogP contribution >= 0.6 is 24.0 Å². The van der Waals surface area contributed by atoms with E-state index < -0.39 is 0 Å². The molecule has 0 N–H and O–H groups in total. The quantitative estimate of drug-likeness (QED) is 0.686. The smallest absolute Gasteiger partial charge is 0.196 e. The molecule has 1 aliphatic carbocycles. The maximum atomic E-state index is 4.60. The number of rotatable bonds is 1. The largest absolute Gasteiger partial charge is 0.344 e. The summed E-state index contributed by atoms with van der Waals surface area (Å²) in [4.78, 5) is 9.45. The minimum absolute atomic E-state index is 0. The van der Waals surface area contributed by atoms with Crippen LogP contribution in [-0.4, -0.2) is 48.5 Å². The molecule has 1 saturated carbocycles. The van der Waals surface area contributed by atoms with E-state index in [4.69, 9.17) is 0 Å². The Bertz CT molecular complexity index is 263. The van der Waals surface area contributed by atoms with Gasteiger partial charge >= 0.3 is 0 Å². The summed E-state index contributed by atoms with van der Waals surface area (Å²) in [5.41, 5.74) is 0. The van der Waals surface area contributed by atoms with Crippen molar-refractivity contribution in [2.24, 2.45) is 10.9 Å². The Balaban J connectivity index is 0.000000853. The first-order valence-electron chi connectivity index (χ1n) is 5.88. The predicted octanol–water partition coefficient (Wildman–Crippen LogP) is 1.78. The molecule has 0 aromatic carbocycles. The highest BCUT2D eigenvalue weighted by molar-refractivity contribution is 14.0. The monoisotopic (exact) mass is 321 g/mol. The van der Waals surface area contributed by atoms with Gasteiger partial charge in [-0.2, -0.15) is 0 Å². The van der Waals surface area contributed by atoms with Crippen LogP contribution in [0.25, 0.3) is 0 Å². The molecule has 2 fully saturated rings. The first-order chi connectivity index (χ1) is 6.86. The molecule has 15 heavy (non-hydrogen) atoms. The maximum Gasteiger partial charge on any atom is 0.196 e. The minimum Gasteiger partial charge on any atom is -0.344 e. The molecule has 86 valence electrons. The van der Waals surface area contributed by atoms with E-state index in [1.807, 2.05) is 0 Å². The highest BCUT2D eigenvalue weighted by atomic mass is 127. The highest BCUT2D eigenvalue weighted by Crippen LogP contribution is 2.38. The van der Waals surface area contributed by atoms with Crippen molar-refractivity contribution in [3.05, 3.63) is 0 Å². The van der Waals surface area contributed by atoms with Gasteiger partial charge in [-0.05, 0) is 25.2 Å². The average molecular weight is 321 g/mol. The molecular formula is C11H20IN3. The number of nitrogens with zero attached hydrogens (tertiary/aromatic N) is 3. The first kappa shape index (κ1) is 11.5. The summed E-state index contributed by atoms with van der Waals surface area (Å²) in [5, 5.41) is 0. The van der Waals surface area contributed by atoms with Crippen LogP contribution in [0.4, 0.5) is 0 Å². The molecule has 0 aromatic rings. The van der Waals surface area contributed by atoms with Crippen molar-refractivity contribution in [1.29, 1.82) is 0 Å². The molecular weight excluding hydrogens is 301 g/mol. The molecule has 2 heterocycles. The van der Waals surface area contributed by atoms with Gasteiger partial charge in [0.1, 0.15) is 0 Å². The fraction of sp³-hybridized carbons (Fsp3) is 0.909. The summed E-state index contributed by atoms with van der Waals surface area (Å²) >= 11 is 0. The summed E-state index contributed by atoms with van der Waals surface area (Å²) in [5.74, 6) is 2.26. The van der Waals surface area contributed by atoms with Gasteiger partial charge in [0.2, 0.25) is 0 Å². The van der Waals surface area contributed by atoms with Gasteiger partial charge in [0, 0.05) is 26.2 Å². The summed E-state index contributed by atoms with van der Waals surface area (Å²) < 4.78 is 0. The second-order valence-electron chi connectivity index (χ2n) is 4.84. The molecule has 1 unspecified atom stereocenters. The molecule has 2 aliphatic heterocycles. The van der Waals surface area contributed by atoms with E-state index >= 15 is 0 Å². The lowest BCUT2D eigenvalue weighted by Gasteiger charge is -2.50. The molecule has 1 saturated heterocycles. The Kier molecular flexibility index (Phi) is 3.42. The van der Waals surface area contributed by atoms with Gasteiger partial charge in [0.05, 0.1) is 6.54 Å². The number of aliphatic imine (C=N–C) groups is 1. The van der Waals surface area contributed by atoms with Crippen molar-refractivity contribution in [3.63, 3.8) is 0 Å². The lowest BCUT2D eigenvalue weighted by molar-refractivity contribution is 0.0654. The Morgan fingerprint density at radius 1 is 1.20 bits per heavy atom. The molecule has 3 nitrogen and oxygen atoms in total. The Morgan fingerprint density at radius 3 is 2.40 bits per heavy atom. The molecule has 0 bridgehead atoms. The highest BCUT2D eigenvalue weighted by Gasteiger charge is 2.40. The molecule has 4 heteroatoms. The van der Waals surface area contributed by atoms with Crippen LogP contribution < -0.4 is 0 Å². The second kappa shape index (κ2) is 4.47. The zero-order valence-corrected chi connectivity index (χ0v) is 11.7. The fourth-order valence-corrected chi connectivity index (χ4v) is 2.80. The van der Waals surface area contributed by atoms with Crippen molar-refractivity contribution in [2.45, 2.75) is 31.7 Å². The van der Waals surface area contributed by atoms with Crippen molar-refractivity contribution in [1.82, 2.24) is 9.80 Å². The Labute approximate surface area is 109 Å². The fourth-order valence-electron chi connectivity index (χ4n) is 2.80. The second-order valence-corrected chi connectivity index (χ2v) is 4.84. The van der Waals surface area contributed by atoms with Gasteiger partial charge in [-0.1, -0.05) is 6.42 Å². The van der Waals surface area contributed by atoms with Gasteiger partial charge in [-0.25, -0.2) is 0 Å². The third-order valence-electron chi connectivity index (χ3n) is 4.05. The van der Waals surface area contributed by atoms with E-state index in [1.54, 1.807) is 0 Å². The van der Waals surface area contributed by atoms with Crippen LogP contribution in [0, 0.1) is 5.92 Å². The Morgan fingerprint density at radius 2 is 2.00 bits per heavy atom. The third kappa shape index (κ3) is 1.85. The van der Waals surface area contributed by atoms with E-state index in [0.717, 1.165) is 25.0 Å². The predicted molar refractivity (Wildman–Crippen MR) is 72.8 cm³/mol. The zero-order valence-electron chi connectivity index (χ0n) is 9.35. The number of likely N-dealkylation sites (tertiary alicyclic amines) is 1. The van der Waals surface area contributed by atoms with Gasteiger partial charge in [0.25, 0.3) is 0 Å². The van der Waals surface area contributed by atoms with Crippen LogP contribution in [0.3, 0.4) is 0 Å². The van der Waals surface area contributed by atoms with Crippen LogP contribution in [0.5, 0.6) is 0 Å². The van der Waals surface area contributed by atoms with Crippen molar-refractivity contribution >= 4 is 29.9 Å². The van der Waals surface area contributed by atoms with Crippen LogP contribution in [0.2, 0.25) is 0 Å². The molecule has 3 aliphatic rings.